The van der Waals surface area contributed by atoms with Crippen molar-refractivity contribution in [1.82, 2.24) is 10.2 Å². The second-order valence-electron chi connectivity index (χ2n) is 5.85. The van der Waals surface area contributed by atoms with Gasteiger partial charge in [-0.15, -0.1) is 0 Å². The Kier molecular flexibility index (Phi) is 6.66. The molecule has 0 saturated carbocycles. The van der Waals surface area contributed by atoms with Crippen LogP contribution in [-0.2, 0) is 4.79 Å². The van der Waals surface area contributed by atoms with Gasteiger partial charge < -0.3 is 15.0 Å². The van der Waals surface area contributed by atoms with Gasteiger partial charge >= 0.3 is 0 Å². The molecule has 1 aliphatic rings. The van der Waals surface area contributed by atoms with E-state index in [4.69, 9.17) is 16.3 Å². The molecular weight excluding hydrogens is 319 g/mol. The van der Waals surface area contributed by atoms with Crippen molar-refractivity contribution in [3.8, 4) is 5.75 Å². The molecule has 1 fully saturated rings. The Hall–Kier alpha value is -1.33. The first-order chi connectivity index (χ1) is 11.0. The summed E-state index contributed by atoms with van der Waals surface area (Å²) >= 11 is 5.97. The summed E-state index contributed by atoms with van der Waals surface area (Å²) in [7, 11) is 0. The predicted molar refractivity (Wildman–Crippen MR) is 89.4 cm³/mol. The Morgan fingerprint density at radius 1 is 1.48 bits per heavy atom. The molecule has 1 aromatic carbocycles. The van der Waals surface area contributed by atoms with Crippen LogP contribution >= 0.6 is 11.6 Å². The van der Waals surface area contributed by atoms with Gasteiger partial charge in [-0.05, 0) is 57.5 Å². The standard InChI is InChI=1S/C17H24ClFN2O2/c1-3-10-21(14-6-8-20-9-7-14)17(22)12(2)23-16-5-4-13(19)11-15(16)18/h4-5,11-12,14,20H,3,6-10H2,1-2H3. The molecule has 0 aromatic heterocycles. The summed E-state index contributed by atoms with van der Waals surface area (Å²) in [6.45, 7) is 6.35. The number of piperidine rings is 1. The van der Waals surface area contributed by atoms with Gasteiger partial charge in [-0.25, -0.2) is 4.39 Å². The van der Waals surface area contributed by atoms with Gasteiger partial charge in [0, 0.05) is 12.6 Å². The minimum Gasteiger partial charge on any atom is -0.479 e. The highest BCUT2D eigenvalue weighted by atomic mass is 35.5. The molecule has 2 rings (SSSR count). The van der Waals surface area contributed by atoms with Crippen LogP contribution < -0.4 is 10.1 Å². The van der Waals surface area contributed by atoms with Crippen LogP contribution in [0, 0.1) is 5.82 Å². The second kappa shape index (κ2) is 8.50. The van der Waals surface area contributed by atoms with Crippen molar-refractivity contribution in [3.63, 3.8) is 0 Å². The maximum absolute atomic E-state index is 13.1. The Morgan fingerprint density at radius 3 is 2.78 bits per heavy atom. The number of carbonyl (C=O) groups excluding carboxylic acids is 1. The van der Waals surface area contributed by atoms with Crippen molar-refractivity contribution in [1.29, 1.82) is 0 Å². The van der Waals surface area contributed by atoms with Crippen LogP contribution in [0.1, 0.15) is 33.1 Å². The van der Waals surface area contributed by atoms with Crippen LogP contribution in [0.25, 0.3) is 0 Å². The van der Waals surface area contributed by atoms with E-state index >= 15 is 0 Å². The summed E-state index contributed by atoms with van der Waals surface area (Å²) in [6.07, 6.45) is 2.16. The quantitative estimate of drug-likeness (QED) is 0.863. The van der Waals surface area contributed by atoms with Gasteiger partial charge in [-0.2, -0.15) is 0 Å². The van der Waals surface area contributed by atoms with Gasteiger partial charge in [0.2, 0.25) is 0 Å². The van der Waals surface area contributed by atoms with E-state index in [-0.39, 0.29) is 17.0 Å². The van der Waals surface area contributed by atoms with E-state index in [2.05, 4.69) is 12.2 Å². The Bertz CT molecular complexity index is 535. The van der Waals surface area contributed by atoms with Gasteiger partial charge in [-0.3, -0.25) is 4.79 Å². The monoisotopic (exact) mass is 342 g/mol. The van der Waals surface area contributed by atoms with Crippen LogP contribution in [0.3, 0.4) is 0 Å². The fourth-order valence-electron chi connectivity index (χ4n) is 2.88. The first-order valence-electron chi connectivity index (χ1n) is 8.15. The number of halogens is 2. The van der Waals surface area contributed by atoms with Crippen molar-refractivity contribution in [3.05, 3.63) is 29.0 Å². The highest BCUT2D eigenvalue weighted by Crippen LogP contribution is 2.26. The third-order valence-electron chi connectivity index (χ3n) is 4.04. The molecule has 0 radical (unpaired) electrons. The van der Waals surface area contributed by atoms with E-state index in [1.807, 2.05) is 4.90 Å². The van der Waals surface area contributed by atoms with E-state index in [0.29, 0.717) is 12.3 Å². The normalized spacial score (nSPS) is 16.9. The number of rotatable bonds is 6. The van der Waals surface area contributed by atoms with Crippen LogP contribution in [0.15, 0.2) is 18.2 Å². The molecule has 1 unspecified atom stereocenters. The fourth-order valence-corrected chi connectivity index (χ4v) is 3.09. The molecule has 0 bridgehead atoms. The molecule has 1 heterocycles. The largest absolute Gasteiger partial charge is 0.479 e. The van der Waals surface area contributed by atoms with E-state index in [9.17, 15) is 9.18 Å². The minimum absolute atomic E-state index is 0.0425. The number of nitrogens with one attached hydrogen (secondary N) is 1. The highest BCUT2D eigenvalue weighted by Gasteiger charge is 2.29. The smallest absolute Gasteiger partial charge is 0.263 e. The van der Waals surface area contributed by atoms with Crippen molar-refractivity contribution in [2.45, 2.75) is 45.3 Å². The molecule has 0 aliphatic carbocycles. The summed E-state index contributed by atoms with van der Waals surface area (Å²) in [5.74, 6) is -0.140. The van der Waals surface area contributed by atoms with Crippen molar-refractivity contribution < 1.29 is 13.9 Å². The number of nitrogens with zero attached hydrogens (tertiary/aromatic N) is 1. The molecule has 1 aromatic rings. The van der Waals surface area contributed by atoms with Crippen LogP contribution in [0.2, 0.25) is 5.02 Å². The lowest BCUT2D eigenvalue weighted by molar-refractivity contribution is -0.141. The van der Waals surface area contributed by atoms with Gasteiger partial charge in [-0.1, -0.05) is 18.5 Å². The molecule has 23 heavy (non-hydrogen) atoms. The lowest BCUT2D eigenvalue weighted by Crippen LogP contribution is -2.50. The first kappa shape index (κ1) is 18.0. The van der Waals surface area contributed by atoms with Gasteiger partial charge in [0.1, 0.15) is 11.6 Å². The Balaban J connectivity index is 2.05. The summed E-state index contributed by atoms with van der Waals surface area (Å²) in [5.41, 5.74) is 0. The van der Waals surface area contributed by atoms with E-state index in [1.54, 1.807) is 6.92 Å². The second-order valence-corrected chi connectivity index (χ2v) is 6.25. The highest BCUT2D eigenvalue weighted by molar-refractivity contribution is 6.32. The van der Waals surface area contributed by atoms with Crippen LogP contribution in [0.4, 0.5) is 4.39 Å². The van der Waals surface area contributed by atoms with Gasteiger partial charge in [0.15, 0.2) is 6.10 Å². The lowest BCUT2D eigenvalue weighted by Gasteiger charge is -2.36. The third kappa shape index (κ3) is 4.82. The Morgan fingerprint density at radius 2 is 2.17 bits per heavy atom. The van der Waals surface area contributed by atoms with Crippen LogP contribution in [0.5, 0.6) is 5.75 Å². The molecule has 1 aliphatic heterocycles. The molecule has 1 atom stereocenters. The number of carbonyl (C=O) groups is 1. The van der Waals surface area contributed by atoms with Gasteiger partial charge in [0.25, 0.3) is 5.91 Å². The number of hydrogen-bond donors (Lipinski definition) is 1. The minimum atomic E-state index is -0.653. The summed E-state index contributed by atoms with van der Waals surface area (Å²) in [5, 5.41) is 3.48. The van der Waals surface area contributed by atoms with Crippen molar-refractivity contribution in [2.75, 3.05) is 19.6 Å². The zero-order valence-corrected chi connectivity index (χ0v) is 14.4. The SMILES string of the molecule is CCCN(C(=O)C(C)Oc1ccc(F)cc1Cl)C1CCNCC1. The number of amides is 1. The number of hydrogen-bond acceptors (Lipinski definition) is 3. The lowest BCUT2D eigenvalue weighted by atomic mass is 10.0. The number of benzene rings is 1. The van der Waals surface area contributed by atoms with Crippen molar-refractivity contribution >= 4 is 17.5 Å². The van der Waals surface area contributed by atoms with Gasteiger partial charge in [0.05, 0.1) is 5.02 Å². The molecule has 4 nitrogen and oxygen atoms in total. The zero-order valence-electron chi connectivity index (χ0n) is 13.6. The molecule has 0 spiro atoms. The van der Waals surface area contributed by atoms with Crippen LogP contribution in [-0.4, -0.2) is 42.6 Å². The molecule has 6 heteroatoms. The molecule has 1 N–H and O–H groups in total. The summed E-state index contributed by atoms with van der Waals surface area (Å²) < 4.78 is 18.8. The van der Waals surface area contributed by atoms with E-state index in [0.717, 1.165) is 32.4 Å². The molecule has 1 amide bonds. The first-order valence-corrected chi connectivity index (χ1v) is 8.53. The van der Waals surface area contributed by atoms with E-state index in [1.165, 1.54) is 18.2 Å². The summed E-state index contributed by atoms with van der Waals surface area (Å²) in [6, 6.07) is 4.16. The predicted octanol–water partition coefficient (Wildman–Crippen LogP) is 3.24. The molecule has 1 saturated heterocycles. The van der Waals surface area contributed by atoms with E-state index < -0.39 is 11.9 Å². The maximum Gasteiger partial charge on any atom is 0.263 e. The maximum atomic E-state index is 13.1. The topological polar surface area (TPSA) is 41.6 Å². The Labute approximate surface area is 141 Å². The van der Waals surface area contributed by atoms with Crippen molar-refractivity contribution in [2.24, 2.45) is 0 Å². The summed E-state index contributed by atoms with van der Waals surface area (Å²) in [4.78, 5) is 14.7. The third-order valence-corrected chi connectivity index (χ3v) is 4.34. The average Bonchev–Trinajstić information content (AvgIpc) is 2.55. The number of ether oxygens (including phenoxy) is 1. The molecular formula is C17H24ClFN2O2. The fraction of sp³-hybridized carbons (Fsp3) is 0.588. The average molecular weight is 343 g/mol. The zero-order chi connectivity index (χ0) is 16.8. The molecule has 128 valence electrons.